The lowest BCUT2D eigenvalue weighted by atomic mass is 10.1. The maximum Gasteiger partial charge on any atom is 0.257 e. The summed E-state index contributed by atoms with van der Waals surface area (Å²) in [6.45, 7) is 2.62. The molecule has 170 valence electrons. The second-order valence-electron chi connectivity index (χ2n) is 8.30. The molecule has 3 aromatic rings. The number of carbonyl (C=O) groups is 2. The van der Waals surface area contributed by atoms with Gasteiger partial charge in [0, 0.05) is 49.6 Å². The molecule has 2 amide bonds. The van der Waals surface area contributed by atoms with E-state index in [1.165, 1.54) is 0 Å². The molecule has 0 saturated carbocycles. The normalized spacial score (nSPS) is 18.5. The number of rotatable bonds is 4. The lowest BCUT2D eigenvalue weighted by molar-refractivity contribution is -0.142. The minimum absolute atomic E-state index is 0.0401. The van der Waals surface area contributed by atoms with E-state index in [-0.39, 0.29) is 17.9 Å². The van der Waals surface area contributed by atoms with Gasteiger partial charge in [0.15, 0.2) is 0 Å². The van der Waals surface area contributed by atoms with Crippen LogP contribution in [0, 0.1) is 0 Å². The number of benzene rings is 2. The van der Waals surface area contributed by atoms with Gasteiger partial charge in [-0.05, 0) is 37.1 Å². The molecule has 0 bridgehead atoms. The van der Waals surface area contributed by atoms with Crippen molar-refractivity contribution in [1.29, 1.82) is 0 Å². The van der Waals surface area contributed by atoms with Crippen LogP contribution in [-0.4, -0.2) is 70.3 Å². The Labute approximate surface area is 197 Å². The van der Waals surface area contributed by atoms with Gasteiger partial charge in [0.05, 0.1) is 11.3 Å². The van der Waals surface area contributed by atoms with Gasteiger partial charge in [-0.1, -0.05) is 41.9 Å². The van der Waals surface area contributed by atoms with Gasteiger partial charge in [0.1, 0.15) is 11.8 Å². The van der Waals surface area contributed by atoms with Crippen LogP contribution in [-0.2, 0) is 9.53 Å². The second kappa shape index (κ2) is 9.37. The van der Waals surface area contributed by atoms with Crippen LogP contribution in [0.2, 0.25) is 5.02 Å². The van der Waals surface area contributed by atoms with Gasteiger partial charge in [-0.3, -0.25) is 9.59 Å². The zero-order chi connectivity index (χ0) is 22.8. The smallest absolute Gasteiger partial charge is 0.257 e. The third-order valence-corrected chi connectivity index (χ3v) is 6.42. The molecule has 2 aliphatic heterocycles. The Morgan fingerprint density at radius 1 is 0.939 bits per heavy atom. The average Bonchev–Trinajstić information content (AvgIpc) is 3.55. The highest BCUT2D eigenvalue weighted by molar-refractivity contribution is 6.30. The van der Waals surface area contributed by atoms with Crippen LogP contribution >= 0.6 is 11.6 Å². The first kappa shape index (κ1) is 21.7. The number of ether oxygens (including phenoxy) is 1. The number of hydrogen-bond donors (Lipinski definition) is 0. The molecule has 2 aromatic carbocycles. The first-order valence-corrected chi connectivity index (χ1v) is 11.6. The number of amides is 2. The van der Waals surface area contributed by atoms with E-state index < -0.39 is 0 Å². The molecule has 0 radical (unpaired) electrons. The molecule has 1 atom stereocenters. The minimum Gasteiger partial charge on any atom is -0.368 e. The van der Waals surface area contributed by atoms with Crippen molar-refractivity contribution in [2.75, 3.05) is 32.8 Å². The van der Waals surface area contributed by atoms with E-state index in [4.69, 9.17) is 21.4 Å². The number of nitrogens with zero attached hydrogens (tertiary/aromatic N) is 4. The van der Waals surface area contributed by atoms with E-state index in [1.807, 2.05) is 47.4 Å². The Morgan fingerprint density at radius 3 is 2.30 bits per heavy atom. The maximum absolute atomic E-state index is 13.6. The number of halogens is 1. The molecule has 2 aliphatic rings. The summed E-state index contributed by atoms with van der Waals surface area (Å²) < 4.78 is 7.27. The predicted molar refractivity (Wildman–Crippen MR) is 125 cm³/mol. The van der Waals surface area contributed by atoms with Crippen molar-refractivity contribution < 1.29 is 14.3 Å². The number of para-hydroxylation sites is 1. The molecule has 5 rings (SSSR count). The Bertz CT molecular complexity index is 1130. The van der Waals surface area contributed by atoms with E-state index >= 15 is 0 Å². The number of carbonyl (C=O) groups excluding carboxylic acids is 2. The van der Waals surface area contributed by atoms with Crippen LogP contribution < -0.4 is 0 Å². The number of aromatic nitrogens is 2. The first-order valence-electron chi connectivity index (χ1n) is 11.2. The fraction of sp³-hybridized carbons (Fsp3) is 0.320. The van der Waals surface area contributed by atoms with Crippen molar-refractivity contribution in [2.24, 2.45) is 0 Å². The van der Waals surface area contributed by atoms with Gasteiger partial charge >= 0.3 is 0 Å². The highest BCUT2D eigenvalue weighted by Crippen LogP contribution is 2.27. The van der Waals surface area contributed by atoms with E-state index in [0.717, 1.165) is 24.1 Å². The van der Waals surface area contributed by atoms with Gasteiger partial charge in [-0.25, -0.2) is 4.68 Å². The highest BCUT2D eigenvalue weighted by atomic mass is 35.5. The number of piperazine rings is 1. The fourth-order valence-electron chi connectivity index (χ4n) is 4.34. The van der Waals surface area contributed by atoms with Crippen molar-refractivity contribution in [3.63, 3.8) is 0 Å². The van der Waals surface area contributed by atoms with Gasteiger partial charge in [0.25, 0.3) is 11.8 Å². The van der Waals surface area contributed by atoms with Gasteiger partial charge in [0.2, 0.25) is 0 Å². The topological polar surface area (TPSA) is 67.7 Å². The summed E-state index contributed by atoms with van der Waals surface area (Å²) in [5.41, 5.74) is 2.84. The molecule has 0 aliphatic carbocycles. The van der Waals surface area contributed by atoms with Gasteiger partial charge in [-0.2, -0.15) is 5.10 Å². The summed E-state index contributed by atoms with van der Waals surface area (Å²) in [5, 5.41) is 5.36. The lowest BCUT2D eigenvalue weighted by Crippen LogP contribution is -2.52. The molecule has 3 heterocycles. The molecule has 2 fully saturated rings. The molecular formula is C25H25ClN4O3. The standard InChI is InChI=1S/C25H25ClN4O3/c26-19-10-8-18(9-11-19)23-21(17-30(27-23)20-5-2-1-3-6-20)24(31)28-12-14-29(15-13-28)25(32)22-7-4-16-33-22/h1-3,5-6,8-11,17,22H,4,7,12-16H2. The molecule has 7 nitrogen and oxygen atoms in total. The third-order valence-electron chi connectivity index (χ3n) is 6.17. The van der Waals surface area contributed by atoms with Crippen molar-refractivity contribution in [3.05, 3.63) is 71.4 Å². The quantitative estimate of drug-likeness (QED) is 0.591. The van der Waals surface area contributed by atoms with Crippen LogP contribution in [0.5, 0.6) is 0 Å². The van der Waals surface area contributed by atoms with E-state index in [9.17, 15) is 9.59 Å². The SMILES string of the molecule is O=C(c1cn(-c2ccccc2)nc1-c1ccc(Cl)cc1)N1CCN(C(=O)C2CCCO2)CC1. The van der Waals surface area contributed by atoms with Crippen molar-refractivity contribution in [2.45, 2.75) is 18.9 Å². The maximum atomic E-state index is 13.6. The monoisotopic (exact) mass is 464 g/mol. The van der Waals surface area contributed by atoms with Crippen molar-refractivity contribution >= 4 is 23.4 Å². The molecule has 2 saturated heterocycles. The van der Waals surface area contributed by atoms with Crippen LogP contribution in [0.4, 0.5) is 0 Å². The van der Waals surface area contributed by atoms with Crippen LogP contribution in [0.3, 0.4) is 0 Å². The fourth-order valence-corrected chi connectivity index (χ4v) is 4.47. The van der Waals surface area contributed by atoms with Crippen molar-refractivity contribution in [1.82, 2.24) is 19.6 Å². The van der Waals surface area contributed by atoms with Gasteiger partial charge in [-0.15, -0.1) is 0 Å². The van der Waals surface area contributed by atoms with E-state index in [2.05, 4.69) is 0 Å². The first-order chi connectivity index (χ1) is 16.1. The zero-order valence-corrected chi connectivity index (χ0v) is 18.9. The summed E-state index contributed by atoms with van der Waals surface area (Å²) in [4.78, 5) is 29.8. The predicted octanol–water partition coefficient (Wildman–Crippen LogP) is 3.66. The minimum atomic E-state index is -0.326. The molecule has 1 unspecified atom stereocenters. The molecule has 0 N–H and O–H groups in total. The highest BCUT2D eigenvalue weighted by Gasteiger charge is 2.32. The Kier molecular flexibility index (Phi) is 6.15. The average molecular weight is 465 g/mol. The van der Waals surface area contributed by atoms with Crippen molar-refractivity contribution in [3.8, 4) is 16.9 Å². The Balaban J connectivity index is 1.38. The van der Waals surface area contributed by atoms with E-state index in [1.54, 1.807) is 27.9 Å². The van der Waals surface area contributed by atoms with Gasteiger partial charge < -0.3 is 14.5 Å². The molecule has 1 aromatic heterocycles. The summed E-state index contributed by atoms with van der Waals surface area (Å²) >= 11 is 6.07. The third kappa shape index (κ3) is 4.51. The molecule has 8 heteroatoms. The second-order valence-corrected chi connectivity index (χ2v) is 8.73. The largest absolute Gasteiger partial charge is 0.368 e. The summed E-state index contributed by atoms with van der Waals surface area (Å²) in [6, 6.07) is 17.0. The molecule has 33 heavy (non-hydrogen) atoms. The Morgan fingerprint density at radius 2 is 1.64 bits per heavy atom. The zero-order valence-electron chi connectivity index (χ0n) is 18.2. The van der Waals surface area contributed by atoms with Crippen LogP contribution in [0.25, 0.3) is 16.9 Å². The summed E-state index contributed by atoms with van der Waals surface area (Å²) in [6.07, 6.45) is 3.16. The molecule has 0 spiro atoms. The Hall–Kier alpha value is -3.16. The van der Waals surface area contributed by atoms with Crippen LogP contribution in [0.1, 0.15) is 23.2 Å². The lowest BCUT2D eigenvalue weighted by Gasteiger charge is -2.35. The summed E-state index contributed by atoms with van der Waals surface area (Å²) in [5.74, 6) is -0.0512. The number of hydrogen-bond acceptors (Lipinski definition) is 4. The van der Waals surface area contributed by atoms with Crippen LogP contribution in [0.15, 0.2) is 60.8 Å². The van der Waals surface area contributed by atoms with E-state index in [0.29, 0.717) is 49.1 Å². The molecular weight excluding hydrogens is 440 g/mol. The summed E-state index contributed by atoms with van der Waals surface area (Å²) in [7, 11) is 0.